The lowest BCUT2D eigenvalue weighted by Gasteiger charge is -2.10. The Balaban J connectivity index is 1.73. The lowest BCUT2D eigenvalue weighted by Crippen LogP contribution is -2.16. The van der Waals surface area contributed by atoms with E-state index in [4.69, 9.17) is 16.3 Å². The predicted molar refractivity (Wildman–Crippen MR) is 115 cm³/mol. The maximum absolute atomic E-state index is 12.7. The third-order valence-corrected chi connectivity index (χ3v) is 4.69. The van der Waals surface area contributed by atoms with Crippen LogP contribution in [-0.4, -0.2) is 33.2 Å². The highest BCUT2D eigenvalue weighted by atomic mass is 35.5. The van der Waals surface area contributed by atoms with Crippen molar-refractivity contribution in [1.82, 2.24) is 14.8 Å². The summed E-state index contributed by atoms with van der Waals surface area (Å²) in [4.78, 5) is 29.1. The van der Waals surface area contributed by atoms with Gasteiger partial charge < -0.3 is 10.1 Å². The van der Waals surface area contributed by atoms with Crippen molar-refractivity contribution >= 4 is 29.2 Å². The molecular weight excluding hydrogens is 404 g/mol. The SMILES string of the molecule is CCCCOC(=O)c1ccc(NC(=O)c2nc(-n3nc(C)cc3C)ccc2Cl)cc1. The molecule has 0 bridgehead atoms. The van der Waals surface area contributed by atoms with Crippen molar-refractivity contribution in [1.29, 1.82) is 0 Å². The van der Waals surface area contributed by atoms with Gasteiger partial charge in [0.25, 0.3) is 5.91 Å². The van der Waals surface area contributed by atoms with E-state index >= 15 is 0 Å². The maximum Gasteiger partial charge on any atom is 0.338 e. The number of esters is 1. The summed E-state index contributed by atoms with van der Waals surface area (Å²) in [5.41, 5.74) is 2.77. The summed E-state index contributed by atoms with van der Waals surface area (Å²) in [6, 6.07) is 11.7. The van der Waals surface area contributed by atoms with Crippen LogP contribution in [0.25, 0.3) is 5.82 Å². The molecule has 0 saturated heterocycles. The maximum atomic E-state index is 12.7. The molecule has 0 unspecified atom stereocenters. The first-order chi connectivity index (χ1) is 14.4. The average Bonchev–Trinajstić information content (AvgIpc) is 3.07. The van der Waals surface area contributed by atoms with E-state index in [0.29, 0.717) is 23.7 Å². The number of anilines is 1. The molecule has 0 aliphatic rings. The molecule has 0 fully saturated rings. The summed E-state index contributed by atoms with van der Waals surface area (Å²) in [6.07, 6.45) is 1.78. The van der Waals surface area contributed by atoms with Gasteiger partial charge in [-0.3, -0.25) is 4.79 Å². The average molecular weight is 427 g/mol. The van der Waals surface area contributed by atoms with E-state index < -0.39 is 5.91 Å². The molecule has 3 aromatic rings. The molecule has 0 radical (unpaired) electrons. The zero-order valence-electron chi connectivity index (χ0n) is 17.1. The number of hydrogen-bond acceptors (Lipinski definition) is 5. The fourth-order valence-electron chi connectivity index (χ4n) is 2.84. The monoisotopic (exact) mass is 426 g/mol. The Morgan fingerprint density at radius 1 is 1.13 bits per heavy atom. The van der Waals surface area contributed by atoms with Crippen molar-refractivity contribution in [3.05, 3.63) is 70.1 Å². The van der Waals surface area contributed by atoms with Crippen molar-refractivity contribution in [2.45, 2.75) is 33.6 Å². The summed E-state index contributed by atoms with van der Waals surface area (Å²) < 4.78 is 6.83. The molecule has 8 heteroatoms. The van der Waals surface area contributed by atoms with Crippen LogP contribution in [-0.2, 0) is 4.74 Å². The Kier molecular flexibility index (Phi) is 6.84. The number of nitrogens with one attached hydrogen (secondary N) is 1. The van der Waals surface area contributed by atoms with Crippen LogP contribution in [0.3, 0.4) is 0 Å². The molecule has 2 heterocycles. The van der Waals surface area contributed by atoms with Gasteiger partial charge in [-0.2, -0.15) is 5.10 Å². The first kappa shape index (κ1) is 21.5. The molecule has 1 N–H and O–H groups in total. The lowest BCUT2D eigenvalue weighted by atomic mass is 10.2. The number of rotatable bonds is 7. The minimum atomic E-state index is -0.457. The fraction of sp³-hybridized carbons (Fsp3) is 0.273. The van der Waals surface area contributed by atoms with Gasteiger partial charge >= 0.3 is 5.97 Å². The van der Waals surface area contributed by atoms with Crippen LogP contribution >= 0.6 is 11.6 Å². The van der Waals surface area contributed by atoms with Crippen LogP contribution in [0.1, 0.15) is 52.0 Å². The van der Waals surface area contributed by atoms with Gasteiger partial charge in [-0.1, -0.05) is 24.9 Å². The molecule has 156 valence electrons. The Morgan fingerprint density at radius 2 is 1.87 bits per heavy atom. The van der Waals surface area contributed by atoms with Crippen LogP contribution in [0, 0.1) is 13.8 Å². The smallest absolute Gasteiger partial charge is 0.338 e. The second-order valence-electron chi connectivity index (χ2n) is 6.86. The highest BCUT2D eigenvalue weighted by molar-refractivity contribution is 6.34. The number of amides is 1. The molecule has 0 spiro atoms. The molecule has 30 heavy (non-hydrogen) atoms. The first-order valence-corrected chi connectivity index (χ1v) is 10.1. The third-order valence-electron chi connectivity index (χ3n) is 4.38. The minimum absolute atomic E-state index is 0.0878. The standard InChI is InChI=1S/C22H23ClN4O3/c1-4-5-12-30-22(29)16-6-8-17(9-7-16)24-21(28)20-18(23)10-11-19(25-20)27-15(3)13-14(2)26-27/h6-11,13H,4-5,12H2,1-3H3,(H,24,28). The van der Waals surface area contributed by atoms with E-state index in [-0.39, 0.29) is 16.7 Å². The van der Waals surface area contributed by atoms with E-state index in [2.05, 4.69) is 15.4 Å². The zero-order chi connectivity index (χ0) is 21.7. The molecule has 2 aromatic heterocycles. The molecule has 0 saturated carbocycles. The number of aryl methyl sites for hydroxylation is 2. The van der Waals surface area contributed by atoms with Crippen LogP contribution in [0.5, 0.6) is 0 Å². The molecule has 1 aromatic carbocycles. The Bertz CT molecular complexity index is 1060. The van der Waals surface area contributed by atoms with E-state index in [1.165, 1.54) is 0 Å². The molecule has 7 nitrogen and oxygen atoms in total. The zero-order valence-corrected chi connectivity index (χ0v) is 17.9. The van der Waals surface area contributed by atoms with Gasteiger partial charge in [0.1, 0.15) is 5.69 Å². The highest BCUT2D eigenvalue weighted by Gasteiger charge is 2.16. The normalized spacial score (nSPS) is 10.7. The number of nitrogens with zero attached hydrogens (tertiary/aromatic N) is 3. The van der Waals surface area contributed by atoms with Crippen molar-refractivity contribution < 1.29 is 14.3 Å². The number of benzene rings is 1. The van der Waals surface area contributed by atoms with Gasteiger partial charge in [-0.05, 0) is 62.7 Å². The minimum Gasteiger partial charge on any atom is -0.462 e. The van der Waals surface area contributed by atoms with Crippen molar-refractivity contribution in [3.8, 4) is 5.82 Å². The number of halogens is 1. The molecule has 1 amide bonds. The number of pyridine rings is 1. The number of hydrogen-bond donors (Lipinski definition) is 1. The van der Waals surface area contributed by atoms with Gasteiger partial charge in [0, 0.05) is 11.4 Å². The van der Waals surface area contributed by atoms with Crippen molar-refractivity contribution in [3.63, 3.8) is 0 Å². The Morgan fingerprint density at radius 3 is 2.50 bits per heavy atom. The largest absolute Gasteiger partial charge is 0.462 e. The fourth-order valence-corrected chi connectivity index (χ4v) is 3.03. The topological polar surface area (TPSA) is 86.1 Å². The van der Waals surface area contributed by atoms with E-state index in [1.54, 1.807) is 41.1 Å². The lowest BCUT2D eigenvalue weighted by molar-refractivity contribution is 0.0499. The van der Waals surface area contributed by atoms with E-state index in [1.807, 2.05) is 26.8 Å². The number of ether oxygens (including phenoxy) is 1. The van der Waals surface area contributed by atoms with Gasteiger partial charge in [0.2, 0.25) is 0 Å². The summed E-state index contributed by atoms with van der Waals surface area (Å²) in [5, 5.41) is 7.36. The van der Waals surface area contributed by atoms with Crippen molar-refractivity contribution in [2.75, 3.05) is 11.9 Å². The number of aromatic nitrogens is 3. The highest BCUT2D eigenvalue weighted by Crippen LogP contribution is 2.20. The summed E-state index contributed by atoms with van der Waals surface area (Å²) in [7, 11) is 0. The van der Waals surface area contributed by atoms with Gasteiger partial charge in [0.05, 0.1) is 22.9 Å². The van der Waals surface area contributed by atoms with Gasteiger partial charge in [-0.15, -0.1) is 0 Å². The molecule has 3 rings (SSSR count). The summed E-state index contributed by atoms with van der Waals surface area (Å²) >= 11 is 6.20. The second-order valence-corrected chi connectivity index (χ2v) is 7.27. The van der Waals surface area contributed by atoms with Crippen molar-refractivity contribution in [2.24, 2.45) is 0 Å². The first-order valence-electron chi connectivity index (χ1n) is 9.67. The number of unbranched alkanes of at least 4 members (excludes halogenated alkanes) is 1. The van der Waals surface area contributed by atoms with Gasteiger partial charge in [-0.25, -0.2) is 14.5 Å². The molecular formula is C22H23ClN4O3. The van der Waals surface area contributed by atoms with Crippen LogP contribution in [0.15, 0.2) is 42.5 Å². The molecule has 0 atom stereocenters. The van der Waals surface area contributed by atoms with Crippen LogP contribution in [0.2, 0.25) is 5.02 Å². The Labute approximate surface area is 180 Å². The summed E-state index contributed by atoms with van der Waals surface area (Å²) in [6.45, 7) is 6.21. The van der Waals surface area contributed by atoms with E-state index in [9.17, 15) is 9.59 Å². The summed E-state index contributed by atoms with van der Waals surface area (Å²) in [5.74, 6) is -0.342. The number of carbonyl (C=O) groups is 2. The third kappa shape index (κ3) is 5.04. The molecule has 0 aliphatic heterocycles. The van der Waals surface area contributed by atoms with E-state index in [0.717, 1.165) is 24.2 Å². The van der Waals surface area contributed by atoms with Gasteiger partial charge in [0.15, 0.2) is 5.82 Å². The van der Waals surface area contributed by atoms with Crippen LogP contribution in [0.4, 0.5) is 5.69 Å². The van der Waals surface area contributed by atoms with Crippen LogP contribution < -0.4 is 5.32 Å². The molecule has 0 aliphatic carbocycles. The Hall–Kier alpha value is -3.19. The quantitative estimate of drug-likeness (QED) is 0.435. The predicted octanol–water partition coefficient (Wildman–Crippen LogP) is 4.75. The number of carbonyl (C=O) groups excluding carboxylic acids is 2. The second kappa shape index (κ2) is 9.54.